The van der Waals surface area contributed by atoms with Crippen molar-refractivity contribution in [1.82, 2.24) is 15.0 Å². The first-order valence-electron chi connectivity index (χ1n) is 8.08. The van der Waals surface area contributed by atoms with Crippen LogP contribution in [0.25, 0.3) is 10.9 Å². The van der Waals surface area contributed by atoms with Crippen LogP contribution in [0.5, 0.6) is 0 Å². The Morgan fingerprint density at radius 3 is 2.92 bits per heavy atom. The summed E-state index contributed by atoms with van der Waals surface area (Å²) in [5.74, 6) is -0.0790. The molecule has 2 heterocycles. The van der Waals surface area contributed by atoms with Gasteiger partial charge in [-0.15, -0.1) is 0 Å². The third kappa shape index (κ3) is 3.92. The van der Waals surface area contributed by atoms with E-state index in [2.05, 4.69) is 15.0 Å². The molecule has 3 rings (SSSR count). The van der Waals surface area contributed by atoms with Gasteiger partial charge in [0.05, 0.1) is 23.4 Å². The molecule has 0 amide bonds. The van der Waals surface area contributed by atoms with Gasteiger partial charge in [0.2, 0.25) is 10.0 Å². The van der Waals surface area contributed by atoms with E-state index in [1.165, 1.54) is 0 Å². The lowest BCUT2D eigenvalue weighted by Gasteiger charge is -2.28. The van der Waals surface area contributed by atoms with Crippen molar-refractivity contribution in [2.45, 2.75) is 24.1 Å². The smallest absolute Gasteiger partial charge is 0.215 e. The number of pyridine rings is 1. The van der Waals surface area contributed by atoms with Crippen molar-refractivity contribution in [2.75, 3.05) is 26.8 Å². The Hall–Kier alpha value is -1.54. The number of aromatic nitrogens is 1. The van der Waals surface area contributed by atoms with E-state index in [0.717, 1.165) is 30.3 Å². The molecule has 1 atom stereocenters. The lowest BCUT2D eigenvalue weighted by molar-refractivity contribution is 0.122. The maximum absolute atomic E-state index is 12.5. The molecule has 1 saturated heterocycles. The normalized spacial score (nSPS) is 21.4. The number of rotatable bonds is 7. The molecule has 1 aliphatic heterocycles. The molecule has 0 radical (unpaired) electrons. The lowest BCUT2D eigenvalue weighted by atomic mass is 9.99. The molecule has 2 N–H and O–H groups in total. The number of hydrogen-bond donors (Lipinski definition) is 2. The molecule has 0 bridgehead atoms. The molecule has 2 aromatic rings. The highest BCUT2D eigenvalue weighted by Gasteiger charge is 2.34. The van der Waals surface area contributed by atoms with Crippen molar-refractivity contribution in [1.29, 1.82) is 0 Å². The predicted molar refractivity (Wildman–Crippen MR) is 94.2 cm³/mol. The maximum Gasteiger partial charge on any atom is 0.215 e. The number of methoxy groups -OCH3 is 1. The first kappa shape index (κ1) is 17.3. The minimum absolute atomic E-state index is 0.0790. The van der Waals surface area contributed by atoms with Gasteiger partial charge in [0, 0.05) is 25.2 Å². The van der Waals surface area contributed by atoms with Gasteiger partial charge in [-0.2, -0.15) is 0 Å². The predicted octanol–water partition coefficient (Wildman–Crippen LogP) is 1.42. The van der Waals surface area contributed by atoms with Gasteiger partial charge in [0.15, 0.2) is 0 Å². The van der Waals surface area contributed by atoms with Gasteiger partial charge >= 0.3 is 0 Å². The average molecular weight is 349 g/mol. The average Bonchev–Trinajstić information content (AvgIpc) is 3.03. The van der Waals surface area contributed by atoms with Crippen molar-refractivity contribution < 1.29 is 13.2 Å². The van der Waals surface area contributed by atoms with Gasteiger partial charge in [0.1, 0.15) is 0 Å². The summed E-state index contributed by atoms with van der Waals surface area (Å²) in [6, 6.07) is 9.38. The molecule has 1 aromatic carbocycles. The zero-order chi connectivity index (χ0) is 17.0. The summed E-state index contributed by atoms with van der Waals surface area (Å²) < 4.78 is 33.1. The van der Waals surface area contributed by atoms with Crippen LogP contribution >= 0.6 is 0 Å². The van der Waals surface area contributed by atoms with E-state index in [1.54, 1.807) is 13.3 Å². The SMILES string of the molecule is COCC1(CNS(=O)(=O)Cc2cccc3cccnc23)CCCN1. The molecule has 1 fully saturated rings. The summed E-state index contributed by atoms with van der Waals surface area (Å²) >= 11 is 0. The zero-order valence-electron chi connectivity index (χ0n) is 13.8. The quantitative estimate of drug-likeness (QED) is 0.790. The van der Waals surface area contributed by atoms with E-state index >= 15 is 0 Å². The van der Waals surface area contributed by atoms with Crippen LogP contribution in [0.2, 0.25) is 0 Å². The fourth-order valence-corrected chi connectivity index (χ4v) is 4.50. The maximum atomic E-state index is 12.5. The monoisotopic (exact) mass is 349 g/mol. The van der Waals surface area contributed by atoms with Crippen LogP contribution < -0.4 is 10.0 Å². The van der Waals surface area contributed by atoms with E-state index in [0.29, 0.717) is 18.7 Å². The molecule has 0 spiro atoms. The van der Waals surface area contributed by atoms with Crippen molar-refractivity contribution in [3.8, 4) is 0 Å². The van der Waals surface area contributed by atoms with Crippen LogP contribution in [0.3, 0.4) is 0 Å². The Morgan fingerprint density at radius 1 is 1.33 bits per heavy atom. The van der Waals surface area contributed by atoms with Gasteiger partial charge in [0.25, 0.3) is 0 Å². The number of benzene rings is 1. The number of nitrogens with one attached hydrogen (secondary N) is 2. The second-order valence-electron chi connectivity index (χ2n) is 6.32. The van der Waals surface area contributed by atoms with E-state index in [9.17, 15) is 8.42 Å². The van der Waals surface area contributed by atoms with Gasteiger partial charge in [-0.25, -0.2) is 13.1 Å². The fraction of sp³-hybridized carbons (Fsp3) is 0.471. The molecule has 1 aromatic heterocycles. The molecule has 0 aliphatic carbocycles. The number of hydrogen-bond acceptors (Lipinski definition) is 5. The summed E-state index contributed by atoms with van der Waals surface area (Å²) in [7, 11) is -1.82. The highest BCUT2D eigenvalue weighted by atomic mass is 32.2. The number of sulfonamides is 1. The molecule has 24 heavy (non-hydrogen) atoms. The molecule has 6 nitrogen and oxygen atoms in total. The highest BCUT2D eigenvalue weighted by Crippen LogP contribution is 2.21. The number of nitrogens with zero attached hydrogens (tertiary/aromatic N) is 1. The van der Waals surface area contributed by atoms with E-state index in [4.69, 9.17) is 4.74 Å². The second kappa shape index (κ2) is 7.14. The van der Waals surface area contributed by atoms with Gasteiger partial charge < -0.3 is 10.1 Å². The summed E-state index contributed by atoms with van der Waals surface area (Å²) in [5, 5.41) is 4.32. The molecular weight excluding hydrogens is 326 g/mol. The number of fused-ring (bicyclic) bond motifs is 1. The lowest BCUT2D eigenvalue weighted by Crippen LogP contribution is -2.53. The number of ether oxygens (including phenoxy) is 1. The Kier molecular flexibility index (Phi) is 5.15. The minimum Gasteiger partial charge on any atom is -0.383 e. The second-order valence-corrected chi connectivity index (χ2v) is 8.12. The highest BCUT2D eigenvalue weighted by molar-refractivity contribution is 7.88. The van der Waals surface area contributed by atoms with Crippen molar-refractivity contribution in [3.05, 3.63) is 42.1 Å². The molecule has 1 aliphatic rings. The van der Waals surface area contributed by atoms with Crippen LogP contribution in [-0.4, -0.2) is 45.7 Å². The molecular formula is C17H23N3O3S. The number of para-hydroxylation sites is 1. The third-order valence-electron chi connectivity index (χ3n) is 4.45. The summed E-state index contributed by atoms with van der Waals surface area (Å²) in [5.41, 5.74) is 1.13. The summed E-state index contributed by atoms with van der Waals surface area (Å²) in [6.45, 7) is 1.71. The summed E-state index contributed by atoms with van der Waals surface area (Å²) in [4.78, 5) is 4.32. The van der Waals surface area contributed by atoms with E-state index < -0.39 is 10.0 Å². The third-order valence-corrected chi connectivity index (χ3v) is 5.72. The van der Waals surface area contributed by atoms with Crippen LogP contribution in [0.1, 0.15) is 18.4 Å². The standard InChI is InChI=1S/C17H23N3O3S/c1-23-13-17(8-4-10-19-17)12-20-24(21,22)11-15-6-2-5-14-7-3-9-18-16(14)15/h2-3,5-7,9,19-20H,4,8,10-13H2,1H3. The molecule has 7 heteroatoms. The zero-order valence-corrected chi connectivity index (χ0v) is 14.6. The van der Waals surface area contributed by atoms with Gasteiger partial charge in [-0.1, -0.05) is 24.3 Å². The van der Waals surface area contributed by atoms with Gasteiger partial charge in [-0.05, 0) is 31.0 Å². The summed E-state index contributed by atoms with van der Waals surface area (Å²) in [6.07, 6.45) is 3.61. The molecule has 0 saturated carbocycles. The van der Waals surface area contributed by atoms with Crippen molar-refractivity contribution in [2.24, 2.45) is 0 Å². The minimum atomic E-state index is -3.46. The van der Waals surface area contributed by atoms with Crippen LogP contribution in [0.4, 0.5) is 0 Å². The van der Waals surface area contributed by atoms with E-state index in [1.807, 2.05) is 30.3 Å². The molecule has 1 unspecified atom stereocenters. The van der Waals surface area contributed by atoms with Crippen LogP contribution in [0.15, 0.2) is 36.5 Å². The Bertz CT molecular complexity index is 796. The first-order valence-corrected chi connectivity index (χ1v) is 9.73. The Balaban J connectivity index is 1.74. The van der Waals surface area contributed by atoms with Crippen LogP contribution in [-0.2, 0) is 20.5 Å². The van der Waals surface area contributed by atoms with E-state index in [-0.39, 0.29) is 11.3 Å². The molecule has 130 valence electrons. The van der Waals surface area contributed by atoms with Crippen LogP contribution in [0, 0.1) is 0 Å². The largest absolute Gasteiger partial charge is 0.383 e. The Morgan fingerprint density at radius 2 is 2.17 bits per heavy atom. The first-order chi connectivity index (χ1) is 11.5. The fourth-order valence-electron chi connectivity index (χ4n) is 3.26. The Labute approximate surface area is 142 Å². The topological polar surface area (TPSA) is 80.3 Å². The van der Waals surface area contributed by atoms with Gasteiger partial charge in [-0.3, -0.25) is 4.98 Å². The van der Waals surface area contributed by atoms with Crippen molar-refractivity contribution in [3.63, 3.8) is 0 Å². The van der Waals surface area contributed by atoms with Crippen molar-refractivity contribution >= 4 is 20.9 Å².